The lowest BCUT2D eigenvalue weighted by Gasteiger charge is -2.47. The van der Waals surface area contributed by atoms with Crippen LogP contribution in [0.2, 0.25) is 16.6 Å². The summed E-state index contributed by atoms with van der Waals surface area (Å²) < 4.78 is 69.1. The number of carbonyl (C=O) groups excluding carboxylic acids is 1. The third-order valence-electron chi connectivity index (χ3n) is 15.3. The molecular weight excluding hydrogens is 892 g/mol. The molecule has 4 fully saturated rings. The monoisotopic (exact) mass is 953 g/mol. The van der Waals surface area contributed by atoms with Crippen molar-refractivity contribution in [2.75, 3.05) is 36.5 Å². The molecule has 2 amide bonds. The quantitative estimate of drug-likeness (QED) is 0.0990. The van der Waals surface area contributed by atoms with Crippen molar-refractivity contribution in [1.29, 1.82) is 0 Å². The van der Waals surface area contributed by atoms with Crippen LogP contribution in [-0.2, 0) is 4.74 Å². The summed E-state index contributed by atoms with van der Waals surface area (Å²) in [6.07, 6.45) is -1.67. The molecule has 2 bridgehead atoms. The Morgan fingerprint density at radius 3 is 2.44 bits per heavy atom. The molecule has 0 aliphatic carbocycles. The second kappa shape index (κ2) is 17.1. The van der Waals surface area contributed by atoms with Crippen molar-refractivity contribution >= 4 is 53.4 Å². The molecule has 7 heterocycles. The molecular formula is C51H62F3N7O6Si. The maximum atomic E-state index is 18.3. The lowest BCUT2D eigenvalue weighted by molar-refractivity contribution is 0.0633. The molecule has 5 aliphatic heterocycles. The summed E-state index contributed by atoms with van der Waals surface area (Å²) in [6.45, 7) is 25.5. The zero-order chi connectivity index (χ0) is 48.9. The smallest absolute Gasteiger partial charge is 0.412 e. The van der Waals surface area contributed by atoms with Crippen LogP contribution in [0.4, 0.5) is 34.3 Å². The molecule has 362 valence electrons. The van der Waals surface area contributed by atoms with E-state index in [1.54, 1.807) is 39.0 Å². The number of fused-ring (bicyclic) bond motifs is 7. The van der Waals surface area contributed by atoms with Gasteiger partial charge in [-0.2, -0.15) is 9.97 Å². The van der Waals surface area contributed by atoms with Crippen LogP contribution in [-0.4, -0.2) is 118 Å². The van der Waals surface area contributed by atoms with Gasteiger partial charge in [-0.05, 0) is 75.7 Å². The first-order chi connectivity index (χ1) is 32.1. The van der Waals surface area contributed by atoms with Crippen LogP contribution in [0.25, 0.3) is 32.9 Å². The fourth-order valence-electron chi connectivity index (χ4n) is 12.4. The van der Waals surface area contributed by atoms with Crippen molar-refractivity contribution in [1.82, 2.24) is 24.8 Å². The largest absolute Gasteiger partial charge is 0.472 e. The highest BCUT2D eigenvalue weighted by atomic mass is 28.3. The van der Waals surface area contributed by atoms with Gasteiger partial charge in [0.25, 0.3) is 0 Å². The number of hydrogen-bond donors (Lipinski definition) is 2. The van der Waals surface area contributed by atoms with E-state index >= 15 is 13.2 Å². The zero-order valence-electron chi connectivity index (χ0n) is 40.6. The van der Waals surface area contributed by atoms with Crippen molar-refractivity contribution in [2.24, 2.45) is 0 Å². The number of carbonyl (C=O) groups is 2. The van der Waals surface area contributed by atoms with Gasteiger partial charge in [-0.1, -0.05) is 71.7 Å². The Morgan fingerprint density at radius 2 is 1.76 bits per heavy atom. The van der Waals surface area contributed by atoms with Crippen LogP contribution >= 0.6 is 0 Å². The van der Waals surface area contributed by atoms with E-state index < -0.39 is 67.4 Å². The number of ether oxygens (including phenoxy) is 3. The molecule has 4 saturated heterocycles. The molecule has 6 atom stereocenters. The number of carboxylic acid groups (broad SMARTS) is 1. The van der Waals surface area contributed by atoms with Gasteiger partial charge in [0.05, 0.1) is 29.4 Å². The Bertz CT molecular complexity index is 2790. The molecule has 13 nitrogen and oxygen atoms in total. The molecule has 5 aliphatic rings. The molecule has 0 saturated carbocycles. The second-order valence-corrected chi connectivity index (χ2v) is 26.9. The van der Waals surface area contributed by atoms with Crippen LogP contribution < -0.4 is 19.7 Å². The van der Waals surface area contributed by atoms with Crippen molar-refractivity contribution in [3.8, 4) is 34.6 Å². The van der Waals surface area contributed by atoms with E-state index in [1.807, 2.05) is 16.7 Å². The Kier molecular flexibility index (Phi) is 11.9. The fraction of sp³-hybridized carbons (Fsp3) is 0.549. The minimum Gasteiger partial charge on any atom is -0.472 e. The van der Waals surface area contributed by atoms with Crippen LogP contribution in [0, 0.1) is 23.1 Å². The Labute approximate surface area is 396 Å². The maximum absolute atomic E-state index is 18.3. The normalized spacial score (nSPS) is 24.6. The number of aromatic nitrogens is 3. The van der Waals surface area contributed by atoms with E-state index in [0.29, 0.717) is 31.4 Å². The molecule has 5 unspecified atom stereocenters. The number of amides is 2. The van der Waals surface area contributed by atoms with Crippen LogP contribution in [0.5, 0.6) is 11.9 Å². The minimum absolute atomic E-state index is 0.0175. The van der Waals surface area contributed by atoms with E-state index in [-0.39, 0.29) is 105 Å². The predicted molar refractivity (Wildman–Crippen MR) is 259 cm³/mol. The summed E-state index contributed by atoms with van der Waals surface area (Å²) in [6, 6.07) is 4.78. The molecule has 68 heavy (non-hydrogen) atoms. The molecule has 0 radical (unpaired) electrons. The molecule has 4 aromatic rings. The van der Waals surface area contributed by atoms with Gasteiger partial charge in [-0.25, -0.2) is 27.7 Å². The SMILES string of the molecule is C=C1CCN2C[C@H](F)CC12COc1nc2c3c(nc(-c4cc(NC(=O)OC(C)(C)C)c(F)c5cccc(C#C[Si](C(C)C)(C(C)C)C(C)C)c45)c(F)c3n1)OC(C)C1C3CCC(CN21)N3C(=O)O. The van der Waals surface area contributed by atoms with Gasteiger partial charge >= 0.3 is 18.2 Å². The number of halogens is 3. The third-order valence-corrected chi connectivity index (χ3v) is 21.6. The van der Waals surface area contributed by atoms with Crippen LogP contribution in [0.15, 0.2) is 36.4 Å². The van der Waals surface area contributed by atoms with Gasteiger partial charge in [-0.15, -0.1) is 5.54 Å². The Morgan fingerprint density at radius 1 is 1.04 bits per heavy atom. The first kappa shape index (κ1) is 47.5. The summed E-state index contributed by atoms with van der Waals surface area (Å²) >= 11 is 0. The zero-order valence-corrected chi connectivity index (χ0v) is 41.6. The van der Waals surface area contributed by atoms with Gasteiger partial charge in [0.2, 0.25) is 5.88 Å². The van der Waals surface area contributed by atoms with Gasteiger partial charge < -0.3 is 24.2 Å². The lowest BCUT2D eigenvalue weighted by Crippen LogP contribution is -2.64. The van der Waals surface area contributed by atoms with Crippen molar-refractivity contribution in [3.05, 3.63) is 53.6 Å². The molecule has 2 N–H and O–H groups in total. The van der Waals surface area contributed by atoms with E-state index in [1.165, 1.54) is 11.0 Å². The number of pyridine rings is 1. The number of hydrogen-bond acceptors (Lipinski definition) is 10. The molecule has 2 aromatic heterocycles. The molecule has 2 aromatic carbocycles. The highest BCUT2D eigenvalue weighted by Crippen LogP contribution is 2.49. The number of anilines is 2. The number of alkyl halides is 1. The van der Waals surface area contributed by atoms with Gasteiger partial charge in [0.15, 0.2) is 11.6 Å². The van der Waals surface area contributed by atoms with E-state index in [9.17, 15) is 14.7 Å². The highest BCUT2D eigenvalue weighted by molar-refractivity contribution is 6.90. The summed E-state index contributed by atoms with van der Waals surface area (Å²) in [5.41, 5.74) is 3.53. The van der Waals surface area contributed by atoms with Gasteiger partial charge in [0.1, 0.15) is 55.0 Å². The standard InChI is InChI=1S/C51H62F3N7O6Si/c1-26(2)68(27(3)4,28(5)6)20-18-31-13-12-14-34-38(31)35(21-36(40(34)53)55-48(62)67-50(9,10)11)42-41(54)43-39-45(58-47(57-43)65-25-51-22-32(52)23-59(51)19-17-29(51)7)60-24-33-15-16-37(61(33)49(63)64)44(60)30(8)66-46(39)56-42/h12-14,21,26-28,30,32-33,37,44H,7,15-17,19,22-25H2,1-6,8-11H3,(H,55,62)(H,63,64)/t30?,32-,33?,37?,44?,51?/m1/s1. The summed E-state index contributed by atoms with van der Waals surface area (Å²) in [7, 11) is -2.35. The minimum atomic E-state index is -2.35. The van der Waals surface area contributed by atoms with Gasteiger partial charge in [0, 0.05) is 48.0 Å². The van der Waals surface area contributed by atoms with Crippen LogP contribution in [0.1, 0.15) is 100 Å². The van der Waals surface area contributed by atoms with E-state index in [0.717, 1.165) is 5.57 Å². The number of piperazine rings is 1. The number of nitrogens with one attached hydrogen (secondary N) is 1. The van der Waals surface area contributed by atoms with E-state index in [4.69, 9.17) is 29.2 Å². The Balaban J connectivity index is 1.29. The van der Waals surface area contributed by atoms with Crippen molar-refractivity contribution < 1.29 is 42.1 Å². The number of benzene rings is 2. The van der Waals surface area contributed by atoms with Crippen molar-refractivity contribution in [2.45, 2.75) is 153 Å². The maximum Gasteiger partial charge on any atom is 0.412 e. The molecule has 0 spiro atoms. The second-order valence-electron chi connectivity index (χ2n) is 21.3. The lowest BCUT2D eigenvalue weighted by atomic mass is 9.90. The number of nitrogens with zero attached hydrogens (tertiary/aromatic N) is 6. The summed E-state index contributed by atoms with van der Waals surface area (Å²) in [5.74, 6) is 2.05. The Hall–Kier alpha value is -5.60. The molecule has 9 rings (SSSR count). The van der Waals surface area contributed by atoms with Crippen molar-refractivity contribution in [3.63, 3.8) is 0 Å². The first-order valence-corrected chi connectivity index (χ1v) is 26.1. The average Bonchev–Trinajstić information content (AvgIpc) is 3.84. The topological polar surface area (TPSA) is 142 Å². The summed E-state index contributed by atoms with van der Waals surface area (Å²) in [5, 5.41) is 13.4. The average molecular weight is 954 g/mol. The third kappa shape index (κ3) is 7.70. The fourth-order valence-corrected chi connectivity index (χ4v) is 17.6. The van der Waals surface area contributed by atoms with E-state index in [2.05, 4.69) is 64.9 Å². The predicted octanol–water partition coefficient (Wildman–Crippen LogP) is 10.6. The number of rotatable bonds is 8. The summed E-state index contributed by atoms with van der Waals surface area (Å²) in [4.78, 5) is 46.2. The molecule has 17 heteroatoms. The van der Waals surface area contributed by atoms with Gasteiger partial charge in [-0.3, -0.25) is 15.1 Å². The van der Waals surface area contributed by atoms with Crippen LogP contribution in [0.3, 0.4) is 0 Å². The first-order valence-electron chi connectivity index (χ1n) is 23.9. The highest BCUT2D eigenvalue weighted by Gasteiger charge is 2.54.